The number of ether oxygens (including phenoxy) is 2. The summed E-state index contributed by atoms with van der Waals surface area (Å²) in [5.41, 5.74) is 0.485. The first-order valence-corrected chi connectivity index (χ1v) is 10.4. The van der Waals surface area contributed by atoms with Crippen molar-refractivity contribution < 1.29 is 19.1 Å². The highest BCUT2D eigenvalue weighted by Gasteiger charge is 2.39. The van der Waals surface area contributed by atoms with E-state index in [2.05, 4.69) is 15.5 Å². The van der Waals surface area contributed by atoms with Crippen molar-refractivity contribution in [1.82, 2.24) is 10.2 Å². The van der Waals surface area contributed by atoms with Crippen LogP contribution in [-0.2, 0) is 14.3 Å². The minimum Gasteiger partial charge on any atom is -0.497 e. The van der Waals surface area contributed by atoms with E-state index < -0.39 is 11.8 Å². The number of methoxy groups -OCH3 is 1. The van der Waals surface area contributed by atoms with Crippen molar-refractivity contribution in [2.24, 2.45) is 0 Å². The van der Waals surface area contributed by atoms with Gasteiger partial charge in [-0.1, -0.05) is 0 Å². The number of carbonyl (C=O) groups is 2. The summed E-state index contributed by atoms with van der Waals surface area (Å²) in [4.78, 5) is 27.0. The summed E-state index contributed by atoms with van der Waals surface area (Å²) in [5.74, 6) is 1.59. The van der Waals surface area contributed by atoms with Crippen molar-refractivity contribution in [1.29, 1.82) is 0 Å². The number of hydrogen-bond acceptors (Lipinski definition) is 6. The standard InChI is InChI=1S/C19H27N3O4S/c1-25-16-4-2-15(3-5-16)21-18(24)17(23)20-14-19(6-12-27-13-7-19)22-8-10-26-11-9-22/h2-5H,6-14H2,1H3,(H,20,23)(H,21,24). The van der Waals surface area contributed by atoms with Gasteiger partial charge in [0.1, 0.15) is 5.75 Å². The van der Waals surface area contributed by atoms with Crippen molar-refractivity contribution in [3.05, 3.63) is 24.3 Å². The van der Waals surface area contributed by atoms with Crippen LogP contribution in [0.25, 0.3) is 0 Å². The molecule has 1 aromatic rings. The van der Waals surface area contributed by atoms with Crippen LogP contribution >= 0.6 is 11.8 Å². The number of hydrogen-bond donors (Lipinski definition) is 2. The predicted molar refractivity (Wildman–Crippen MR) is 106 cm³/mol. The second kappa shape index (κ2) is 9.43. The van der Waals surface area contributed by atoms with Gasteiger partial charge >= 0.3 is 11.8 Å². The molecule has 2 aliphatic heterocycles. The number of carbonyl (C=O) groups excluding carboxylic acids is 2. The third-order valence-corrected chi connectivity index (χ3v) is 6.22. The lowest BCUT2D eigenvalue weighted by atomic mass is 9.89. The van der Waals surface area contributed by atoms with Gasteiger partial charge in [-0.25, -0.2) is 0 Å². The molecule has 2 aliphatic rings. The number of morpholine rings is 1. The SMILES string of the molecule is COc1ccc(NC(=O)C(=O)NCC2(N3CCOCC3)CCSCC2)cc1. The molecule has 2 fully saturated rings. The molecule has 0 aromatic heterocycles. The molecule has 0 unspecified atom stereocenters. The fourth-order valence-corrected chi connectivity index (χ4v) is 4.83. The molecule has 2 N–H and O–H groups in total. The highest BCUT2D eigenvalue weighted by molar-refractivity contribution is 7.99. The topological polar surface area (TPSA) is 79.9 Å². The van der Waals surface area contributed by atoms with E-state index in [-0.39, 0.29) is 5.54 Å². The molecular weight excluding hydrogens is 366 g/mol. The molecule has 148 valence electrons. The zero-order chi connectivity index (χ0) is 19.1. The van der Waals surface area contributed by atoms with Gasteiger partial charge in [0.25, 0.3) is 0 Å². The third-order valence-electron chi connectivity index (χ3n) is 5.24. The molecule has 1 aromatic carbocycles. The van der Waals surface area contributed by atoms with E-state index in [9.17, 15) is 9.59 Å². The van der Waals surface area contributed by atoms with Gasteiger partial charge in [-0.3, -0.25) is 14.5 Å². The van der Waals surface area contributed by atoms with Gasteiger partial charge in [-0.05, 0) is 48.6 Å². The third kappa shape index (κ3) is 5.15. The van der Waals surface area contributed by atoms with Crippen molar-refractivity contribution in [2.45, 2.75) is 18.4 Å². The molecular formula is C19H27N3O4S. The summed E-state index contributed by atoms with van der Waals surface area (Å²) in [7, 11) is 1.58. The highest BCUT2D eigenvalue weighted by Crippen LogP contribution is 2.32. The zero-order valence-corrected chi connectivity index (χ0v) is 16.5. The minimum atomic E-state index is -0.650. The van der Waals surface area contributed by atoms with Crippen LogP contribution in [0.4, 0.5) is 5.69 Å². The summed E-state index contributed by atoms with van der Waals surface area (Å²) >= 11 is 1.95. The Bertz CT molecular complexity index is 641. The lowest BCUT2D eigenvalue weighted by molar-refractivity contribution is -0.136. The number of anilines is 1. The Kier molecular flexibility index (Phi) is 6.98. The van der Waals surface area contributed by atoms with E-state index in [0.717, 1.165) is 50.7 Å². The van der Waals surface area contributed by atoms with Gasteiger partial charge in [-0.2, -0.15) is 11.8 Å². The molecule has 0 bridgehead atoms. The molecule has 2 amide bonds. The van der Waals surface area contributed by atoms with Gasteiger partial charge in [0, 0.05) is 30.9 Å². The summed E-state index contributed by atoms with van der Waals surface area (Å²) < 4.78 is 10.6. The number of rotatable bonds is 5. The van der Waals surface area contributed by atoms with E-state index in [1.165, 1.54) is 0 Å². The molecule has 0 spiro atoms. The normalized spacial score (nSPS) is 19.9. The maximum Gasteiger partial charge on any atom is 0.313 e. The number of nitrogens with one attached hydrogen (secondary N) is 2. The van der Waals surface area contributed by atoms with Gasteiger partial charge in [0.2, 0.25) is 0 Å². The van der Waals surface area contributed by atoms with Crippen LogP contribution in [0.2, 0.25) is 0 Å². The van der Waals surface area contributed by atoms with Gasteiger partial charge in [-0.15, -0.1) is 0 Å². The Morgan fingerprint density at radius 2 is 1.81 bits per heavy atom. The first-order valence-electron chi connectivity index (χ1n) is 9.27. The van der Waals surface area contributed by atoms with E-state index in [1.54, 1.807) is 31.4 Å². The summed E-state index contributed by atoms with van der Waals surface area (Å²) in [5, 5.41) is 5.49. The molecule has 2 heterocycles. The van der Waals surface area contributed by atoms with Crippen LogP contribution in [0.5, 0.6) is 5.75 Å². The van der Waals surface area contributed by atoms with Crippen LogP contribution < -0.4 is 15.4 Å². The van der Waals surface area contributed by atoms with Crippen LogP contribution in [-0.4, -0.2) is 73.7 Å². The minimum absolute atomic E-state index is 0.0783. The molecule has 2 saturated heterocycles. The molecule has 0 atom stereocenters. The number of nitrogens with zero attached hydrogens (tertiary/aromatic N) is 1. The molecule has 0 saturated carbocycles. The summed E-state index contributed by atoms with van der Waals surface area (Å²) in [6, 6.07) is 6.89. The second-order valence-electron chi connectivity index (χ2n) is 6.80. The Morgan fingerprint density at radius 3 is 2.44 bits per heavy atom. The van der Waals surface area contributed by atoms with Crippen LogP contribution in [0.15, 0.2) is 24.3 Å². The predicted octanol–water partition coefficient (Wildman–Crippen LogP) is 1.35. The van der Waals surface area contributed by atoms with Gasteiger partial charge in [0.05, 0.1) is 20.3 Å². The smallest absolute Gasteiger partial charge is 0.313 e. The van der Waals surface area contributed by atoms with Crippen molar-refractivity contribution in [3.63, 3.8) is 0 Å². The fourth-order valence-electron chi connectivity index (χ4n) is 3.58. The Labute approximate surface area is 164 Å². The first-order chi connectivity index (χ1) is 13.1. The average Bonchev–Trinajstić information content (AvgIpc) is 2.74. The maximum absolute atomic E-state index is 12.3. The van der Waals surface area contributed by atoms with Crippen molar-refractivity contribution in [3.8, 4) is 5.75 Å². The Balaban J connectivity index is 1.57. The van der Waals surface area contributed by atoms with Crippen molar-refractivity contribution >= 4 is 29.3 Å². The Morgan fingerprint density at radius 1 is 1.15 bits per heavy atom. The lowest BCUT2D eigenvalue weighted by Gasteiger charge is -2.47. The van der Waals surface area contributed by atoms with Crippen LogP contribution in [0, 0.1) is 0 Å². The highest BCUT2D eigenvalue weighted by atomic mass is 32.2. The van der Waals surface area contributed by atoms with Gasteiger partial charge in [0.15, 0.2) is 0 Å². The van der Waals surface area contributed by atoms with E-state index >= 15 is 0 Å². The van der Waals surface area contributed by atoms with E-state index in [4.69, 9.17) is 9.47 Å². The fraction of sp³-hybridized carbons (Fsp3) is 0.579. The zero-order valence-electron chi connectivity index (χ0n) is 15.7. The van der Waals surface area contributed by atoms with E-state index in [1.807, 2.05) is 11.8 Å². The monoisotopic (exact) mass is 393 g/mol. The maximum atomic E-state index is 12.3. The average molecular weight is 394 g/mol. The van der Waals surface area contributed by atoms with Crippen molar-refractivity contribution in [2.75, 3.05) is 56.8 Å². The molecule has 8 heteroatoms. The lowest BCUT2D eigenvalue weighted by Crippen LogP contribution is -2.61. The number of amides is 2. The van der Waals surface area contributed by atoms with Gasteiger partial charge < -0.3 is 20.1 Å². The van der Waals surface area contributed by atoms with E-state index in [0.29, 0.717) is 18.0 Å². The molecule has 3 rings (SSSR count). The summed E-state index contributed by atoms with van der Waals surface area (Å²) in [6.07, 6.45) is 2.02. The first kappa shape index (κ1) is 20.0. The number of benzene rings is 1. The molecule has 7 nitrogen and oxygen atoms in total. The summed E-state index contributed by atoms with van der Waals surface area (Å²) in [6.45, 7) is 3.68. The van der Waals surface area contributed by atoms with Crippen LogP contribution in [0.3, 0.4) is 0 Å². The molecule has 27 heavy (non-hydrogen) atoms. The molecule has 0 aliphatic carbocycles. The Hall–Kier alpha value is -1.77. The second-order valence-corrected chi connectivity index (χ2v) is 8.03. The quantitative estimate of drug-likeness (QED) is 0.735. The molecule has 0 radical (unpaired) electrons. The number of thioether (sulfide) groups is 1. The largest absolute Gasteiger partial charge is 0.497 e. The van der Waals surface area contributed by atoms with Crippen LogP contribution in [0.1, 0.15) is 12.8 Å².